The van der Waals surface area contributed by atoms with Crippen molar-refractivity contribution in [3.05, 3.63) is 0 Å². The summed E-state index contributed by atoms with van der Waals surface area (Å²) in [6, 6.07) is 0.168. The molecule has 2 atom stereocenters. The molecule has 4 heteroatoms. The molecule has 1 rings (SSSR count). The first kappa shape index (κ1) is 12.8. The number of likely N-dealkylation sites (tertiary alicyclic amines) is 1. The molecule has 0 N–H and O–H groups in total. The van der Waals surface area contributed by atoms with Crippen LogP contribution < -0.4 is 0 Å². The van der Waals surface area contributed by atoms with Gasteiger partial charge in [-0.1, -0.05) is 0 Å². The molecule has 0 amide bonds. The average Bonchev–Trinajstić information content (AvgIpc) is 2.49. The molecular weight excluding hydrogens is 200 g/mol. The molecule has 2 nitrogen and oxygen atoms in total. The normalized spacial score (nSPS) is 25.4. The van der Waals surface area contributed by atoms with Gasteiger partial charge in [-0.25, -0.2) is 8.78 Å². The zero-order valence-corrected chi connectivity index (χ0v) is 9.75. The van der Waals surface area contributed by atoms with Gasteiger partial charge < -0.3 is 4.74 Å². The number of nitrogens with zero attached hydrogens (tertiary/aromatic N) is 1. The zero-order chi connectivity index (χ0) is 11.4. The summed E-state index contributed by atoms with van der Waals surface area (Å²) < 4.78 is 30.3. The van der Waals surface area contributed by atoms with E-state index >= 15 is 0 Å². The molecule has 1 heterocycles. The Balaban J connectivity index is 2.44. The number of hydrogen-bond acceptors (Lipinski definition) is 2. The third-order valence-electron chi connectivity index (χ3n) is 2.82. The van der Waals surface area contributed by atoms with Gasteiger partial charge in [0.2, 0.25) is 0 Å². The van der Waals surface area contributed by atoms with Crippen LogP contribution in [0.2, 0.25) is 0 Å². The van der Waals surface area contributed by atoms with E-state index in [2.05, 4.69) is 0 Å². The Morgan fingerprint density at radius 1 is 1.33 bits per heavy atom. The standard InChI is InChI=1S/C11H21F2NO/c1-8(2)15-9(3)10-5-4-6-14(10)7-11(12)13/h8-11H,4-7H2,1-3H3/t9?,10-/m0/s1. The highest BCUT2D eigenvalue weighted by molar-refractivity contribution is 4.84. The van der Waals surface area contributed by atoms with E-state index < -0.39 is 6.43 Å². The number of alkyl halides is 2. The maximum absolute atomic E-state index is 12.3. The molecule has 0 aliphatic carbocycles. The molecule has 90 valence electrons. The molecule has 1 aliphatic heterocycles. The van der Waals surface area contributed by atoms with E-state index in [9.17, 15) is 8.78 Å². The molecular formula is C11H21F2NO. The number of rotatable bonds is 5. The van der Waals surface area contributed by atoms with Crippen LogP contribution in [-0.4, -0.2) is 42.7 Å². The SMILES string of the molecule is CC(C)OC(C)[C@@H]1CCCN1CC(F)F. The largest absolute Gasteiger partial charge is 0.374 e. The number of ether oxygens (including phenoxy) is 1. The van der Waals surface area contributed by atoms with Gasteiger partial charge in [-0.05, 0) is 40.2 Å². The van der Waals surface area contributed by atoms with E-state index in [1.165, 1.54) is 0 Å². The molecule has 15 heavy (non-hydrogen) atoms. The zero-order valence-electron chi connectivity index (χ0n) is 9.75. The molecule has 0 bridgehead atoms. The van der Waals surface area contributed by atoms with Crippen LogP contribution in [0.3, 0.4) is 0 Å². The quantitative estimate of drug-likeness (QED) is 0.707. The lowest BCUT2D eigenvalue weighted by atomic mass is 10.1. The lowest BCUT2D eigenvalue weighted by molar-refractivity contribution is -0.0347. The molecule has 0 spiro atoms. The van der Waals surface area contributed by atoms with Crippen LogP contribution in [-0.2, 0) is 4.74 Å². The van der Waals surface area contributed by atoms with Gasteiger partial charge in [0.1, 0.15) is 0 Å². The molecule has 0 aromatic heterocycles. The Bertz CT molecular complexity index is 187. The molecule has 0 aromatic carbocycles. The van der Waals surface area contributed by atoms with Gasteiger partial charge in [0.25, 0.3) is 6.43 Å². The van der Waals surface area contributed by atoms with Gasteiger partial charge in [-0.2, -0.15) is 0 Å². The van der Waals surface area contributed by atoms with Crippen molar-refractivity contribution < 1.29 is 13.5 Å². The molecule has 0 radical (unpaired) electrons. The summed E-state index contributed by atoms with van der Waals surface area (Å²) in [7, 11) is 0. The topological polar surface area (TPSA) is 12.5 Å². The fourth-order valence-electron chi connectivity index (χ4n) is 2.31. The Kier molecular flexibility index (Phi) is 4.93. The third-order valence-corrected chi connectivity index (χ3v) is 2.82. The minimum atomic E-state index is -2.24. The first-order chi connectivity index (χ1) is 7.00. The Labute approximate surface area is 90.6 Å². The fourth-order valence-corrected chi connectivity index (χ4v) is 2.31. The number of hydrogen-bond donors (Lipinski definition) is 0. The molecule has 1 aliphatic rings. The Hall–Kier alpha value is -0.220. The fraction of sp³-hybridized carbons (Fsp3) is 1.00. The maximum Gasteiger partial charge on any atom is 0.251 e. The Morgan fingerprint density at radius 3 is 2.53 bits per heavy atom. The van der Waals surface area contributed by atoms with Gasteiger partial charge in [-0.3, -0.25) is 4.90 Å². The lowest BCUT2D eigenvalue weighted by Gasteiger charge is -2.30. The van der Waals surface area contributed by atoms with Crippen LogP contribution in [0, 0.1) is 0 Å². The minimum absolute atomic E-state index is 0.0475. The van der Waals surface area contributed by atoms with E-state index in [1.807, 2.05) is 25.7 Å². The van der Waals surface area contributed by atoms with E-state index in [1.54, 1.807) is 0 Å². The van der Waals surface area contributed by atoms with Crippen molar-refractivity contribution in [2.24, 2.45) is 0 Å². The predicted octanol–water partition coefficient (Wildman–Crippen LogP) is 2.53. The van der Waals surface area contributed by atoms with E-state index in [0.717, 1.165) is 19.4 Å². The lowest BCUT2D eigenvalue weighted by Crippen LogP contribution is -2.42. The molecule has 1 fully saturated rings. The van der Waals surface area contributed by atoms with Crippen LogP contribution in [0.5, 0.6) is 0 Å². The van der Waals surface area contributed by atoms with Crippen molar-refractivity contribution >= 4 is 0 Å². The second-order valence-corrected chi connectivity index (χ2v) is 4.49. The molecule has 1 saturated heterocycles. The summed E-state index contributed by atoms with van der Waals surface area (Å²) in [6.07, 6.45) is -0.0545. The van der Waals surface area contributed by atoms with E-state index in [-0.39, 0.29) is 24.8 Å². The van der Waals surface area contributed by atoms with Crippen molar-refractivity contribution in [2.45, 2.75) is 58.3 Å². The Morgan fingerprint density at radius 2 is 2.00 bits per heavy atom. The highest BCUT2D eigenvalue weighted by Gasteiger charge is 2.31. The number of halogens is 2. The third kappa shape index (κ3) is 4.03. The van der Waals surface area contributed by atoms with Gasteiger partial charge in [0, 0.05) is 6.04 Å². The second-order valence-electron chi connectivity index (χ2n) is 4.49. The van der Waals surface area contributed by atoms with Crippen molar-refractivity contribution in [3.8, 4) is 0 Å². The van der Waals surface area contributed by atoms with Crippen LogP contribution in [0.4, 0.5) is 8.78 Å². The summed E-state index contributed by atoms with van der Waals surface area (Å²) in [5.74, 6) is 0. The minimum Gasteiger partial charge on any atom is -0.374 e. The first-order valence-electron chi connectivity index (χ1n) is 5.68. The highest BCUT2D eigenvalue weighted by atomic mass is 19.3. The molecule has 0 aromatic rings. The van der Waals surface area contributed by atoms with E-state index in [4.69, 9.17) is 4.74 Å². The summed E-state index contributed by atoms with van der Waals surface area (Å²) in [6.45, 7) is 6.59. The first-order valence-corrected chi connectivity index (χ1v) is 5.68. The van der Waals surface area contributed by atoms with Crippen molar-refractivity contribution in [2.75, 3.05) is 13.1 Å². The smallest absolute Gasteiger partial charge is 0.251 e. The van der Waals surface area contributed by atoms with Crippen molar-refractivity contribution in [3.63, 3.8) is 0 Å². The van der Waals surface area contributed by atoms with Gasteiger partial charge in [0.15, 0.2) is 0 Å². The highest BCUT2D eigenvalue weighted by Crippen LogP contribution is 2.23. The summed E-state index contributed by atoms with van der Waals surface area (Å²) in [5.41, 5.74) is 0. The molecule has 0 saturated carbocycles. The summed E-state index contributed by atoms with van der Waals surface area (Å²) in [4.78, 5) is 1.86. The van der Waals surface area contributed by atoms with Crippen LogP contribution in [0.1, 0.15) is 33.6 Å². The van der Waals surface area contributed by atoms with Crippen LogP contribution in [0.25, 0.3) is 0 Å². The van der Waals surface area contributed by atoms with Gasteiger partial charge >= 0.3 is 0 Å². The van der Waals surface area contributed by atoms with Crippen molar-refractivity contribution in [1.29, 1.82) is 0 Å². The summed E-state index contributed by atoms with van der Waals surface area (Å²) in [5, 5.41) is 0. The van der Waals surface area contributed by atoms with Crippen LogP contribution in [0.15, 0.2) is 0 Å². The average molecular weight is 221 g/mol. The second kappa shape index (κ2) is 5.75. The van der Waals surface area contributed by atoms with Gasteiger partial charge in [0.05, 0.1) is 18.8 Å². The summed E-state index contributed by atoms with van der Waals surface area (Å²) >= 11 is 0. The maximum atomic E-state index is 12.3. The van der Waals surface area contributed by atoms with Crippen molar-refractivity contribution in [1.82, 2.24) is 4.90 Å². The predicted molar refractivity (Wildman–Crippen MR) is 56.3 cm³/mol. The molecule has 1 unspecified atom stereocenters. The van der Waals surface area contributed by atoms with Crippen LogP contribution >= 0.6 is 0 Å². The van der Waals surface area contributed by atoms with Gasteiger partial charge in [-0.15, -0.1) is 0 Å². The van der Waals surface area contributed by atoms with E-state index in [0.29, 0.717) is 0 Å². The monoisotopic (exact) mass is 221 g/mol.